The Morgan fingerprint density at radius 1 is 1.14 bits per heavy atom. The summed E-state index contributed by atoms with van der Waals surface area (Å²) < 4.78 is 42.6. The number of nitrogens with one attached hydrogen (secondary N) is 2. The van der Waals surface area contributed by atoms with Gasteiger partial charge in [0, 0.05) is 12.6 Å². The van der Waals surface area contributed by atoms with Gasteiger partial charge in [-0.3, -0.25) is 0 Å². The first kappa shape index (κ1) is 24.0. The lowest BCUT2D eigenvalue weighted by Gasteiger charge is -2.23. The highest BCUT2D eigenvalue weighted by Gasteiger charge is 2.42. The largest absolute Gasteiger partial charge is 0.412 e. The van der Waals surface area contributed by atoms with Crippen molar-refractivity contribution in [1.82, 2.24) is 15.0 Å². The Kier molecular flexibility index (Phi) is 6.65. The van der Waals surface area contributed by atoms with Crippen LogP contribution in [0.4, 0.5) is 24.9 Å². The van der Waals surface area contributed by atoms with Crippen LogP contribution >= 0.6 is 22.7 Å². The number of anilines is 2. The molecule has 3 N–H and O–H groups in total. The molecule has 184 valence electrons. The fraction of sp³-hybridized carbons (Fsp3) is 0.375. The first-order valence-electron chi connectivity index (χ1n) is 11.3. The van der Waals surface area contributed by atoms with Crippen LogP contribution in [0.5, 0.6) is 0 Å². The summed E-state index contributed by atoms with van der Waals surface area (Å²) in [5.74, 6) is 0.557. The van der Waals surface area contributed by atoms with Crippen LogP contribution in [0.2, 0.25) is 0 Å². The zero-order valence-electron chi connectivity index (χ0n) is 18.8. The zero-order chi connectivity index (χ0) is 24.6. The Labute approximate surface area is 208 Å². The number of alkyl halides is 3. The van der Waals surface area contributed by atoms with Gasteiger partial charge in [0.15, 0.2) is 6.04 Å². The Morgan fingerprint density at radius 2 is 1.97 bits per heavy atom. The molecule has 0 aliphatic heterocycles. The quantitative estimate of drug-likeness (QED) is 0.262. The van der Waals surface area contributed by atoms with Gasteiger partial charge in [-0.15, -0.1) is 11.3 Å². The number of thiazole rings is 1. The van der Waals surface area contributed by atoms with Gasteiger partial charge in [-0.1, -0.05) is 12.1 Å². The number of nitrogens with zero attached hydrogens (tertiary/aromatic N) is 3. The SMILES string of the molecule is Cc1nc(N[C@@H](c2ccsc2)C(F)(F)F)nc(N[C@H]2CC[C@@H](CO)C2)c1-c1nc2ccccc2s1. The lowest BCUT2D eigenvalue weighted by atomic mass is 10.1. The molecule has 3 heterocycles. The molecule has 0 radical (unpaired) electrons. The predicted molar refractivity (Wildman–Crippen MR) is 134 cm³/mol. The maximum Gasteiger partial charge on any atom is 0.412 e. The summed E-state index contributed by atoms with van der Waals surface area (Å²) in [5, 5.41) is 19.3. The summed E-state index contributed by atoms with van der Waals surface area (Å²) >= 11 is 2.70. The van der Waals surface area contributed by atoms with Gasteiger partial charge in [0.1, 0.15) is 10.8 Å². The normalized spacial score (nSPS) is 19.2. The van der Waals surface area contributed by atoms with Crippen LogP contribution in [-0.4, -0.2) is 38.9 Å². The zero-order valence-corrected chi connectivity index (χ0v) is 20.5. The molecule has 6 nitrogen and oxygen atoms in total. The van der Waals surface area contributed by atoms with Crippen LogP contribution in [0.1, 0.15) is 36.6 Å². The molecule has 0 bridgehead atoms. The fourth-order valence-corrected chi connectivity index (χ4v) is 6.21. The van der Waals surface area contributed by atoms with Crippen molar-refractivity contribution in [2.75, 3.05) is 17.2 Å². The third-order valence-electron chi connectivity index (χ3n) is 6.22. The average Bonchev–Trinajstić information content (AvgIpc) is 3.57. The number of thiophene rings is 1. The topological polar surface area (TPSA) is 83.0 Å². The Morgan fingerprint density at radius 3 is 2.66 bits per heavy atom. The Balaban J connectivity index is 1.55. The molecule has 4 aromatic rings. The molecule has 1 aliphatic rings. The van der Waals surface area contributed by atoms with E-state index in [0.717, 1.165) is 29.5 Å². The van der Waals surface area contributed by atoms with E-state index in [0.29, 0.717) is 22.1 Å². The summed E-state index contributed by atoms with van der Waals surface area (Å²) in [6.07, 6.45) is -2.02. The van der Waals surface area contributed by atoms with E-state index in [2.05, 4.69) is 20.6 Å². The van der Waals surface area contributed by atoms with Crippen LogP contribution < -0.4 is 10.6 Å². The second kappa shape index (κ2) is 9.71. The number of hydrogen-bond acceptors (Lipinski definition) is 8. The molecule has 3 atom stereocenters. The maximum atomic E-state index is 13.9. The van der Waals surface area contributed by atoms with Crippen molar-refractivity contribution >= 4 is 44.7 Å². The number of halogens is 3. The maximum absolute atomic E-state index is 13.9. The number of aryl methyl sites for hydroxylation is 1. The number of fused-ring (bicyclic) bond motifs is 1. The molecule has 35 heavy (non-hydrogen) atoms. The third kappa shape index (κ3) is 5.12. The van der Waals surface area contributed by atoms with Gasteiger partial charge in [-0.05, 0) is 66.6 Å². The average molecular weight is 520 g/mol. The Hall–Kier alpha value is -2.76. The minimum absolute atomic E-state index is 0.0534. The van der Waals surface area contributed by atoms with Crippen molar-refractivity contribution in [3.63, 3.8) is 0 Å². The van der Waals surface area contributed by atoms with E-state index in [1.165, 1.54) is 34.1 Å². The number of aliphatic hydroxyl groups excluding tert-OH is 1. The number of rotatable bonds is 7. The molecule has 1 aliphatic carbocycles. The van der Waals surface area contributed by atoms with E-state index in [-0.39, 0.29) is 30.1 Å². The van der Waals surface area contributed by atoms with Crippen molar-refractivity contribution in [2.24, 2.45) is 5.92 Å². The summed E-state index contributed by atoms with van der Waals surface area (Å²) in [6, 6.07) is 7.34. The second-order valence-electron chi connectivity index (χ2n) is 8.72. The van der Waals surface area contributed by atoms with Crippen LogP contribution in [0.3, 0.4) is 0 Å². The molecule has 0 unspecified atom stereocenters. The fourth-order valence-electron chi connectivity index (χ4n) is 4.46. The number of aromatic nitrogens is 3. The van der Waals surface area contributed by atoms with Crippen LogP contribution in [0.15, 0.2) is 41.1 Å². The molecule has 0 spiro atoms. The minimum Gasteiger partial charge on any atom is -0.396 e. The van der Waals surface area contributed by atoms with Gasteiger partial charge >= 0.3 is 6.18 Å². The highest BCUT2D eigenvalue weighted by Crippen LogP contribution is 2.40. The molecule has 1 saturated carbocycles. The van der Waals surface area contributed by atoms with Crippen molar-refractivity contribution in [1.29, 1.82) is 0 Å². The highest BCUT2D eigenvalue weighted by molar-refractivity contribution is 7.21. The number of hydrogen-bond donors (Lipinski definition) is 3. The molecular formula is C24H24F3N5OS2. The molecule has 1 aromatic carbocycles. The van der Waals surface area contributed by atoms with Gasteiger partial charge in [-0.25, -0.2) is 9.97 Å². The standard InChI is InChI=1S/C24H24F3N5OS2/c1-13-19(22-30-17-4-2-3-5-18(17)35-22)21(29-16-7-6-14(10-16)11-33)32-23(28-13)31-20(24(25,26)27)15-8-9-34-12-15/h2-5,8-9,12,14,16,20,33H,6-7,10-11H2,1H3,(H2,28,29,31,32)/t14-,16+,20+/m1/s1. The van der Waals surface area contributed by atoms with E-state index >= 15 is 0 Å². The summed E-state index contributed by atoms with van der Waals surface area (Å²) in [7, 11) is 0. The molecule has 0 saturated heterocycles. The van der Waals surface area contributed by atoms with E-state index in [4.69, 9.17) is 4.98 Å². The molecule has 11 heteroatoms. The summed E-state index contributed by atoms with van der Waals surface area (Å²) in [5.41, 5.74) is 2.18. The van der Waals surface area contributed by atoms with E-state index in [1.54, 1.807) is 12.3 Å². The van der Waals surface area contributed by atoms with Crippen molar-refractivity contribution in [2.45, 2.75) is 44.4 Å². The Bertz CT molecular complexity index is 1280. The third-order valence-corrected chi connectivity index (χ3v) is 7.97. The van der Waals surface area contributed by atoms with Crippen LogP contribution in [0, 0.1) is 12.8 Å². The van der Waals surface area contributed by atoms with Gasteiger partial charge in [0.2, 0.25) is 5.95 Å². The van der Waals surface area contributed by atoms with Crippen LogP contribution in [-0.2, 0) is 0 Å². The van der Waals surface area contributed by atoms with Gasteiger partial charge in [0.25, 0.3) is 0 Å². The molecule has 5 rings (SSSR count). The molecular weight excluding hydrogens is 495 g/mol. The van der Waals surface area contributed by atoms with Gasteiger partial charge in [-0.2, -0.15) is 29.5 Å². The highest BCUT2D eigenvalue weighted by atomic mass is 32.1. The smallest absolute Gasteiger partial charge is 0.396 e. The van der Waals surface area contributed by atoms with Crippen molar-refractivity contribution in [3.8, 4) is 10.6 Å². The van der Waals surface area contributed by atoms with Gasteiger partial charge in [0.05, 0.1) is 21.5 Å². The number of aliphatic hydroxyl groups is 1. The van der Waals surface area contributed by atoms with E-state index < -0.39 is 12.2 Å². The van der Waals surface area contributed by atoms with Crippen LogP contribution in [0.25, 0.3) is 20.8 Å². The van der Waals surface area contributed by atoms with E-state index in [9.17, 15) is 18.3 Å². The minimum atomic E-state index is -4.52. The van der Waals surface area contributed by atoms with E-state index in [1.807, 2.05) is 24.3 Å². The number of para-hydroxylation sites is 1. The summed E-state index contributed by atoms with van der Waals surface area (Å²) in [4.78, 5) is 13.7. The van der Waals surface area contributed by atoms with Gasteiger partial charge < -0.3 is 15.7 Å². The predicted octanol–water partition coefficient (Wildman–Crippen LogP) is 6.41. The molecule has 1 fully saturated rings. The molecule has 0 amide bonds. The first-order chi connectivity index (χ1) is 16.8. The monoisotopic (exact) mass is 519 g/mol. The molecule has 3 aromatic heterocycles. The van der Waals surface area contributed by atoms with Crippen molar-refractivity contribution in [3.05, 3.63) is 52.3 Å². The lowest BCUT2D eigenvalue weighted by Crippen LogP contribution is -2.28. The second-order valence-corrected chi connectivity index (χ2v) is 10.5. The number of benzene rings is 1. The van der Waals surface area contributed by atoms with Crippen molar-refractivity contribution < 1.29 is 18.3 Å². The first-order valence-corrected chi connectivity index (χ1v) is 13.0. The lowest BCUT2D eigenvalue weighted by molar-refractivity contribution is -0.144. The summed E-state index contributed by atoms with van der Waals surface area (Å²) in [6.45, 7) is 1.88.